The lowest BCUT2D eigenvalue weighted by Gasteiger charge is -2.13. The minimum absolute atomic E-state index is 0.856. The molecule has 2 atom stereocenters. The highest BCUT2D eigenvalue weighted by Crippen LogP contribution is 2.30. The summed E-state index contributed by atoms with van der Waals surface area (Å²) in [6.07, 6.45) is 10.8. The van der Waals surface area contributed by atoms with Crippen LogP contribution in [0, 0.1) is 11.8 Å². The first-order chi connectivity index (χ1) is 6.26. The van der Waals surface area contributed by atoms with Crippen LogP contribution in [-0.2, 0) is 0 Å². The van der Waals surface area contributed by atoms with Crippen LogP contribution in [0.5, 0.6) is 0 Å². The number of hydrogen-bond acceptors (Lipinski definition) is 0. The highest BCUT2D eigenvalue weighted by Gasteiger charge is 2.14. The minimum Gasteiger partial charge on any atom is -0.0825 e. The lowest BCUT2D eigenvalue weighted by atomic mass is 9.92. The smallest absolute Gasteiger partial charge is 0.0256 e. The van der Waals surface area contributed by atoms with E-state index < -0.39 is 0 Å². The number of hydrogen-bond donors (Lipinski definition) is 0. The van der Waals surface area contributed by atoms with Crippen molar-refractivity contribution >= 4 is 0 Å². The average Bonchev–Trinajstić information content (AvgIpc) is 2.50. The molecule has 1 aliphatic rings. The van der Waals surface area contributed by atoms with E-state index in [1.54, 1.807) is 5.57 Å². The first-order valence-corrected chi connectivity index (χ1v) is 5.95. The van der Waals surface area contributed by atoms with Crippen molar-refractivity contribution in [2.75, 3.05) is 0 Å². The van der Waals surface area contributed by atoms with Gasteiger partial charge in [-0.3, -0.25) is 0 Å². The first-order valence-electron chi connectivity index (χ1n) is 5.95. The van der Waals surface area contributed by atoms with Crippen LogP contribution in [0.3, 0.4) is 0 Å². The molecule has 0 heterocycles. The van der Waals surface area contributed by atoms with Gasteiger partial charge in [0, 0.05) is 0 Å². The molecule has 0 saturated heterocycles. The summed E-state index contributed by atoms with van der Waals surface area (Å²) in [6, 6.07) is 0. The van der Waals surface area contributed by atoms with Crippen LogP contribution >= 0.6 is 0 Å². The van der Waals surface area contributed by atoms with E-state index in [2.05, 4.69) is 26.8 Å². The summed E-state index contributed by atoms with van der Waals surface area (Å²) >= 11 is 0. The fraction of sp³-hybridized carbons (Fsp3) is 0.846. The Morgan fingerprint density at radius 1 is 1.46 bits per heavy atom. The van der Waals surface area contributed by atoms with Crippen LogP contribution in [0.2, 0.25) is 0 Å². The second-order valence-electron chi connectivity index (χ2n) is 4.61. The molecular weight excluding hydrogens is 156 g/mol. The van der Waals surface area contributed by atoms with Gasteiger partial charge in [-0.05, 0) is 31.1 Å². The van der Waals surface area contributed by atoms with E-state index in [-0.39, 0.29) is 0 Å². The van der Waals surface area contributed by atoms with Crippen molar-refractivity contribution in [2.24, 2.45) is 11.8 Å². The van der Waals surface area contributed by atoms with Crippen LogP contribution in [0.25, 0.3) is 0 Å². The first kappa shape index (κ1) is 10.8. The Kier molecular flexibility index (Phi) is 4.55. The third-order valence-corrected chi connectivity index (χ3v) is 3.27. The molecule has 0 amide bonds. The Hall–Kier alpha value is -0.260. The summed E-state index contributed by atoms with van der Waals surface area (Å²) in [5, 5.41) is 0. The Morgan fingerprint density at radius 2 is 2.23 bits per heavy atom. The summed E-state index contributed by atoms with van der Waals surface area (Å²) in [7, 11) is 0. The van der Waals surface area contributed by atoms with Crippen molar-refractivity contribution in [1.82, 2.24) is 0 Å². The SMILES string of the molecule is CCCC(CC)CC1=CC(C)CC1. The number of allylic oxidation sites excluding steroid dienone is 2. The maximum atomic E-state index is 2.51. The largest absolute Gasteiger partial charge is 0.0825 e. The van der Waals surface area contributed by atoms with Gasteiger partial charge in [0.25, 0.3) is 0 Å². The zero-order valence-corrected chi connectivity index (χ0v) is 9.47. The fourth-order valence-electron chi connectivity index (χ4n) is 2.38. The molecule has 2 unspecified atom stereocenters. The molecule has 0 saturated carbocycles. The van der Waals surface area contributed by atoms with Gasteiger partial charge in [-0.15, -0.1) is 0 Å². The van der Waals surface area contributed by atoms with Crippen molar-refractivity contribution in [3.8, 4) is 0 Å². The average molecular weight is 180 g/mol. The van der Waals surface area contributed by atoms with Gasteiger partial charge in [0.2, 0.25) is 0 Å². The maximum absolute atomic E-state index is 2.51. The Bertz CT molecular complexity index is 167. The molecule has 0 aromatic rings. The fourth-order valence-corrected chi connectivity index (χ4v) is 2.38. The molecule has 0 heteroatoms. The molecule has 0 bridgehead atoms. The second-order valence-corrected chi connectivity index (χ2v) is 4.61. The van der Waals surface area contributed by atoms with Gasteiger partial charge in [0.1, 0.15) is 0 Å². The molecule has 0 N–H and O–H groups in total. The van der Waals surface area contributed by atoms with Crippen LogP contribution in [0.1, 0.15) is 59.3 Å². The van der Waals surface area contributed by atoms with Crippen LogP contribution in [-0.4, -0.2) is 0 Å². The minimum atomic E-state index is 0.856. The Balaban J connectivity index is 2.33. The zero-order chi connectivity index (χ0) is 9.68. The molecule has 13 heavy (non-hydrogen) atoms. The lowest BCUT2D eigenvalue weighted by Crippen LogP contribution is -1.99. The highest BCUT2D eigenvalue weighted by molar-refractivity contribution is 5.10. The van der Waals surface area contributed by atoms with Crippen molar-refractivity contribution in [2.45, 2.75) is 59.3 Å². The summed E-state index contributed by atoms with van der Waals surface area (Å²) in [5.41, 5.74) is 1.74. The molecule has 0 nitrogen and oxygen atoms in total. The third kappa shape index (κ3) is 3.54. The van der Waals surface area contributed by atoms with Crippen molar-refractivity contribution in [3.05, 3.63) is 11.6 Å². The molecular formula is C13H24. The van der Waals surface area contributed by atoms with E-state index in [4.69, 9.17) is 0 Å². The van der Waals surface area contributed by atoms with Gasteiger partial charge in [0.05, 0.1) is 0 Å². The predicted octanol–water partition coefficient (Wildman–Crippen LogP) is 4.56. The number of rotatable bonds is 5. The van der Waals surface area contributed by atoms with Gasteiger partial charge in [-0.2, -0.15) is 0 Å². The normalized spacial score (nSPS) is 24.5. The predicted molar refractivity (Wildman–Crippen MR) is 59.8 cm³/mol. The van der Waals surface area contributed by atoms with Gasteiger partial charge in [0.15, 0.2) is 0 Å². The summed E-state index contributed by atoms with van der Waals surface area (Å²) in [5.74, 6) is 1.82. The molecule has 0 spiro atoms. The third-order valence-electron chi connectivity index (χ3n) is 3.27. The van der Waals surface area contributed by atoms with Crippen LogP contribution in [0.4, 0.5) is 0 Å². The summed E-state index contributed by atoms with van der Waals surface area (Å²) in [6.45, 7) is 6.97. The van der Waals surface area contributed by atoms with E-state index in [1.807, 2.05) is 0 Å². The van der Waals surface area contributed by atoms with E-state index in [1.165, 1.54) is 38.5 Å². The topological polar surface area (TPSA) is 0 Å². The quantitative estimate of drug-likeness (QED) is 0.544. The molecule has 1 aliphatic carbocycles. The summed E-state index contributed by atoms with van der Waals surface area (Å²) < 4.78 is 0. The maximum Gasteiger partial charge on any atom is -0.0256 e. The molecule has 1 rings (SSSR count). The standard InChI is InChI=1S/C13H24/c1-4-6-12(5-2)10-13-8-7-11(3)9-13/h9,11-12H,4-8,10H2,1-3H3. The molecule has 0 aromatic carbocycles. The summed E-state index contributed by atoms with van der Waals surface area (Å²) in [4.78, 5) is 0. The molecule has 76 valence electrons. The molecule has 0 aliphatic heterocycles. The van der Waals surface area contributed by atoms with Crippen LogP contribution in [0.15, 0.2) is 11.6 Å². The van der Waals surface area contributed by atoms with Gasteiger partial charge < -0.3 is 0 Å². The molecule has 0 fully saturated rings. The van der Waals surface area contributed by atoms with Crippen molar-refractivity contribution in [3.63, 3.8) is 0 Å². The molecule has 0 aromatic heterocycles. The highest BCUT2D eigenvalue weighted by atomic mass is 14.2. The van der Waals surface area contributed by atoms with E-state index in [0.29, 0.717) is 0 Å². The molecule has 0 radical (unpaired) electrons. The van der Waals surface area contributed by atoms with Crippen LogP contribution < -0.4 is 0 Å². The van der Waals surface area contributed by atoms with E-state index in [0.717, 1.165) is 11.8 Å². The van der Waals surface area contributed by atoms with E-state index in [9.17, 15) is 0 Å². The van der Waals surface area contributed by atoms with Crippen molar-refractivity contribution < 1.29 is 0 Å². The van der Waals surface area contributed by atoms with E-state index >= 15 is 0 Å². The Morgan fingerprint density at radius 3 is 2.69 bits per heavy atom. The zero-order valence-electron chi connectivity index (χ0n) is 9.47. The Labute approximate surface area is 83.4 Å². The van der Waals surface area contributed by atoms with Gasteiger partial charge >= 0.3 is 0 Å². The monoisotopic (exact) mass is 180 g/mol. The second kappa shape index (κ2) is 5.47. The van der Waals surface area contributed by atoms with Gasteiger partial charge in [-0.25, -0.2) is 0 Å². The lowest BCUT2D eigenvalue weighted by molar-refractivity contribution is 0.457. The van der Waals surface area contributed by atoms with Crippen molar-refractivity contribution in [1.29, 1.82) is 0 Å². The van der Waals surface area contributed by atoms with Gasteiger partial charge in [-0.1, -0.05) is 51.7 Å².